The lowest BCUT2D eigenvalue weighted by Gasteiger charge is -2.04. The van der Waals surface area contributed by atoms with E-state index in [0.29, 0.717) is 10.7 Å². The Morgan fingerprint density at radius 2 is 2.29 bits per heavy atom. The van der Waals surface area contributed by atoms with Crippen molar-refractivity contribution in [2.45, 2.75) is 26.2 Å². The first-order valence-electron chi connectivity index (χ1n) is 4.64. The summed E-state index contributed by atoms with van der Waals surface area (Å²) in [6.45, 7) is 2.13. The van der Waals surface area contributed by atoms with Crippen LogP contribution in [0, 0.1) is 0 Å². The zero-order chi connectivity index (χ0) is 10.4. The molecular formula is C11H12ClNO. The van der Waals surface area contributed by atoms with Gasteiger partial charge < -0.3 is 0 Å². The van der Waals surface area contributed by atoms with Gasteiger partial charge in [-0.1, -0.05) is 37.1 Å². The second kappa shape index (κ2) is 5.58. The molecule has 2 nitrogen and oxygen atoms in total. The van der Waals surface area contributed by atoms with Crippen LogP contribution in [0.5, 0.6) is 0 Å². The molecule has 0 heterocycles. The van der Waals surface area contributed by atoms with Crippen molar-refractivity contribution in [2.24, 2.45) is 4.99 Å². The van der Waals surface area contributed by atoms with Gasteiger partial charge in [-0.25, -0.2) is 4.79 Å². The van der Waals surface area contributed by atoms with Crippen LogP contribution in [-0.2, 0) is 11.2 Å². The maximum atomic E-state index is 10.1. The van der Waals surface area contributed by atoms with Gasteiger partial charge in [0.1, 0.15) is 0 Å². The van der Waals surface area contributed by atoms with Gasteiger partial charge in [-0.3, -0.25) is 0 Å². The van der Waals surface area contributed by atoms with E-state index in [1.165, 1.54) is 6.08 Å². The highest BCUT2D eigenvalue weighted by Gasteiger charge is 2.04. The van der Waals surface area contributed by atoms with Gasteiger partial charge in [-0.15, -0.1) is 0 Å². The number of unbranched alkanes of at least 4 members (excludes halogenated alkanes) is 1. The fourth-order valence-electron chi connectivity index (χ4n) is 1.26. The van der Waals surface area contributed by atoms with Crippen LogP contribution >= 0.6 is 11.6 Å². The maximum Gasteiger partial charge on any atom is 0.240 e. The molecule has 0 aliphatic heterocycles. The van der Waals surface area contributed by atoms with Crippen LogP contribution in [0.3, 0.4) is 0 Å². The lowest BCUT2D eigenvalue weighted by Crippen LogP contribution is -1.86. The predicted molar refractivity (Wildman–Crippen MR) is 57.8 cm³/mol. The molecule has 74 valence electrons. The highest BCUT2D eigenvalue weighted by Crippen LogP contribution is 2.28. The van der Waals surface area contributed by atoms with E-state index in [9.17, 15) is 4.79 Å². The second-order valence-electron chi connectivity index (χ2n) is 3.06. The van der Waals surface area contributed by atoms with E-state index < -0.39 is 0 Å². The Morgan fingerprint density at radius 1 is 1.50 bits per heavy atom. The van der Waals surface area contributed by atoms with Crippen molar-refractivity contribution in [3.8, 4) is 0 Å². The highest BCUT2D eigenvalue weighted by molar-refractivity contribution is 6.33. The molecule has 1 rings (SSSR count). The van der Waals surface area contributed by atoms with Crippen LogP contribution in [0.15, 0.2) is 23.2 Å². The summed E-state index contributed by atoms with van der Waals surface area (Å²) in [6.07, 6.45) is 4.64. The van der Waals surface area contributed by atoms with Crippen LogP contribution in [0.2, 0.25) is 5.02 Å². The van der Waals surface area contributed by atoms with Crippen LogP contribution in [-0.4, -0.2) is 6.08 Å². The molecule has 0 saturated heterocycles. The number of carbonyl (C=O) groups excluding carboxylic acids is 1. The van der Waals surface area contributed by atoms with Gasteiger partial charge in [0.15, 0.2) is 0 Å². The molecule has 0 aliphatic rings. The fourth-order valence-corrected chi connectivity index (χ4v) is 1.52. The molecule has 0 aromatic heterocycles. The summed E-state index contributed by atoms with van der Waals surface area (Å²) in [7, 11) is 0. The van der Waals surface area contributed by atoms with Crippen molar-refractivity contribution in [3.63, 3.8) is 0 Å². The molecule has 14 heavy (non-hydrogen) atoms. The molecule has 0 fully saturated rings. The monoisotopic (exact) mass is 209 g/mol. The average molecular weight is 210 g/mol. The lowest BCUT2D eigenvalue weighted by molar-refractivity contribution is 0.565. The summed E-state index contributed by atoms with van der Waals surface area (Å²) in [4.78, 5) is 13.6. The van der Waals surface area contributed by atoms with Crippen molar-refractivity contribution in [1.82, 2.24) is 0 Å². The summed E-state index contributed by atoms with van der Waals surface area (Å²) in [6, 6.07) is 5.53. The molecule has 1 aromatic rings. The molecule has 0 amide bonds. The number of isocyanates is 1. The SMILES string of the molecule is CCCCc1cccc(N=C=O)c1Cl. The standard InChI is InChI=1S/C11H12ClNO/c1-2-3-5-9-6-4-7-10(11(9)12)13-8-14/h4,6-7H,2-3,5H2,1H3. The molecule has 0 bridgehead atoms. The fraction of sp³-hybridized carbons (Fsp3) is 0.364. The Balaban J connectivity index is 2.94. The maximum absolute atomic E-state index is 10.1. The first-order chi connectivity index (χ1) is 6.79. The average Bonchev–Trinajstić information content (AvgIpc) is 2.20. The van der Waals surface area contributed by atoms with Gasteiger partial charge in [-0.2, -0.15) is 4.99 Å². The van der Waals surface area contributed by atoms with E-state index >= 15 is 0 Å². The van der Waals surface area contributed by atoms with Crippen molar-refractivity contribution >= 4 is 23.4 Å². The molecule has 0 aliphatic carbocycles. The highest BCUT2D eigenvalue weighted by atomic mass is 35.5. The van der Waals surface area contributed by atoms with Gasteiger partial charge in [0.2, 0.25) is 6.08 Å². The minimum absolute atomic E-state index is 0.510. The van der Waals surface area contributed by atoms with Gasteiger partial charge in [0, 0.05) is 0 Å². The normalized spacial score (nSPS) is 9.57. The number of aryl methyl sites for hydroxylation is 1. The van der Waals surface area contributed by atoms with Crippen molar-refractivity contribution < 1.29 is 4.79 Å². The third kappa shape index (κ3) is 2.69. The number of hydrogen-bond acceptors (Lipinski definition) is 2. The van der Waals surface area contributed by atoms with Gasteiger partial charge in [-0.05, 0) is 24.5 Å². The van der Waals surface area contributed by atoms with Gasteiger partial charge >= 0.3 is 0 Å². The zero-order valence-corrected chi connectivity index (χ0v) is 8.84. The quantitative estimate of drug-likeness (QED) is 0.550. The predicted octanol–water partition coefficient (Wildman–Crippen LogP) is 3.65. The third-order valence-corrected chi connectivity index (χ3v) is 2.46. The lowest BCUT2D eigenvalue weighted by atomic mass is 10.1. The van der Waals surface area contributed by atoms with Gasteiger partial charge in [0.05, 0.1) is 10.7 Å². The number of benzene rings is 1. The summed E-state index contributed by atoms with van der Waals surface area (Å²) in [5.41, 5.74) is 1.56. The minimum atomic E-state index is 0.510. The molecule has 0 saturated carbocycles. The van der Waals surface area contributed by atoms with E-state index in [4.69, 9.17) is 11.6 Å². The van der Waals surface area contributed by atoms with Crippen LogP contribution in [0.4, 0.5) is 5.69 Å². The Bertz CT molecular complexity index is 356. The Kier molecular flexibility index (Phi) is 4.37. The molecule has 3 heteroatoms. The summed E-state index contributed by atoms with van der Waals surface area (Å²) in [5, 5.41) is 0.573. The topological polar surface area (TPSA) is 29.4 Å². The molecule has 0 atom stereocenters. The van der Waals surface area contributed by atoms with Crippen molar-refractivity contribution in [1.29, 1.82) is 0 Å². The first-order valence-corrected chi connectivity index (χ1v) is 5.02. The smallest absolute Gasteiger partial charge is 0.211 e. The first kappa shape index (κ1) is 11.0. The van der Waals surface area contributed by atoms with Crippen molar-refractivity contribution in [3.05, 3.63) is 28.8 Å². The Morgan fingerprint density at radius 3 is 2.93 bits per heavy atom. The third-order valence-electron chi connectivity index (χ3n) is 2.02. The molecular weight excluding hydrogens is 198 g/mol. The molecule has 0 N–H and O–H groups in total. The zero-order valence-electron chi connectivity index (χ0n) is 8.09. The number of nitrogens with zero attached hydrogens (tertiary/aromatic N) is 1. The van der Waals surface area contributed by atoms with Gasteiger partial charge in [0.25, 0.3) is 0 Å². The summed E-state index contributed by atoms with van der Waals surface area (Å²) >= 11 is 6.05. The van der Waals surface area contributed by atoms with Crippen molar-refractivity contribution in [2.75, 3.05) is 0 Å². The number of rotatable bonds is 4. The molecule has 0 spiro atoms. The molecule has 0 radical (unpaired) electrons. The molecule has 0 unspecified atom stereocenters. The van der Waals surface area contributed by atoms with Crippen LogP contribution < -0.4 is 0 Å². The van der Waals surface area contributed by atoms with E-state index in [1.54, 1.807) is 6.07 Å². The number of halogens is 1. The van der Waals surface area contributed by atoms with E-state index in [2.05, 4.69) is 11.9 Å². The number of aliphatic imine (C=N–C) groups is 1. The van der Waals surface area contributed by atoms with E-state index in [0.717, 1.165) is 24.8 Å². The van der Waals surface area contributed by atoms with Crippen LogP contribution in [0.1, 0.15) is 25.3 Å². The largest absolute Gasteiger partial charge is 0.240 e. The summed E-state index contributed by atoms with van der Waals surface area (Å²) < 4.78 is 0. The molecule has 1 aromatic carbocycles. The van der Waals surface area contributed by atoms with Crippen LogP contribution in [0.25, 0.3) is 0 Å². The van der Waals surface area contributed by atoms with E-state index in [-0.39, 0.29) is 0 Å². The Labute approximate surface area is 88.6 Å². The summed E-state index contributed by atoms with van der Waals surface area (Å²) in [5.74, 6) is 0. The second-order valence-corrected chi connectivity index (χ2v) is 3.43. The Hall–Kier alpha value is -1.11. The minimum Gasteiger partial charge on any atom is -0.211 e. The van der Waals surface area contributed by atoms with E-state index in [1.807, 2.05) is 12.1 Å². The number of hydrogen-bond donors (Lipinski definition) is 0.